The van der Waals surface area contributed by atoms with Crippen LogP contribution < -0.4 is 5.73 Å². The fraction of sp³-hybridized carbons (Fsp3) is 0.125. The second kappa shape index (κ2) is 5.30. The van der Waals surface area contributed by atoms with E-state index in [0.717, 1.165) is 17.0 Å². The third-order valence-electron chi connectivity index (χ3n) is 3.28. The summed E-state index contributed by atoms with van der Waals surface area (Å²) in [5.41, 5.74) is 9.32. The average molecular weight is 290 g/mol. The summed E-state index contributed by atoms with van der Waals surface area (Å²) >= 11 is 0. The minimum absolute atomic E-state index is 0.152. The van der Waals surface area contributed by atoms with Crippen LogP contribution in [0.4, 0.5) is 5.82 Å². The molecule has 0 atom stereocenters. The maximum absolute atomic E-state index is 9.35. The smallest absolute Gasteiger partial charge is 0.253 e. The molecule has 0 aliphatic rings. The van der Waals surface area contributed by atoms with Gasteiger partial charge in [-0.3, -0.25) is 0 Å². The van der Waals surface area contributed by atoms with Crippen LogP contribution in [0.5, 0.6) is 0 Å². The number of aromatic nitrogens is 4. The summed E-state index contributed by atoms with van der Waals surface area (Å²) in [5, 5.41) is 13.7. The quantitative estimate of drug-likeness (QED) is 0.782. The van der Waals surface area contributed by atoms with Crippen molar-refractivity contribution in [2.24, 2.45) is 0 Å². The molecule has 3 aromatic rings. The fourth-order valence-electron chi connectivity index (χ4n) is 2.31. The molecule has 2 N–H and O–H groups in total. The number of hydrogen-bond donors (Lipinski definition) is 1. The van der Waals surface area contributed by atoms with Gasteiger partial charge in [-0.2, -0.15) is 15.3 Å². The lowest BCUT2D eigenvalue weighted by atomic mass is 10.1. The predicted octanol–water partition coefficient (Wildman–Crippen LogP) is 2.40. The van der Waals surface area contributed by atoms with E-state index in [0.29, 0.717) is 11.6 Å². The van der Waals surface area contributed by atoms with Crippen molar-refractivity contribution in [3.63, 3.8) is 0 Å². The second-order valence-electron chi connectivity index (χ2n) is 4.95. The van der Waals surface area contributed by atoms with Gasteiger partial charge < -0.3 is 5.73 Å². The lowest BCUT2D eigenvalue weighted by Gasteiger charge is -2.09. The van der Waals surface area contributed by atoms with E-state index in [-0.39, 0.29) is 11.4 Å². The Kier molecular flexibility index (Phi) is 3.31. The van der Waals surface area contributed by atoms with Crippen molar-refractivity contribution in [2.45, 2.75) is 13.8 Å². The predicted molar refractivity (Wildman–Crippen MR) is 83.2 cm³/mol. The van der Waals surface area contributed by atoms with Crippen LogP contribution in [0.15, 0.2) is 36.4 Å². The molecule has 0 spiro atoms. The zero-order chi connectivity index (χ0) is 15.7. The summed E-state index contributed by atoms with van der Waals surface area (Å²) in [6.45, 7) is 3.81. The van der Waals surface area contributed by atoms with Crippen LogP contribution >= 0.6 is 0 Å². The molecule has 3 rings (SSSR count). The number of benzene rings is 1. The van der Waals surface area contributed by atoms with E-state index >= 15 is 0 Å². The molecular formula is C16H14N6. The van der Waals surface area contributed by atoms with E-state index in [1.807, 2.05) is 50.2 Å². The first kappa shape index (κ1) is 13.8. The molecule has 0 saturated heterocycles. The van der Waals surface area contributed by atoms with Gasteiger partial charge in [-0.05, 0) is 19.9 Å². The number of aryl methyl sites for hydroxylation is 2. The highest BCUT2D eigenvalue weighted by Gasteiger charge is 2.16. The summed E-state index contributed by atoms with van der Waals surface area (Å²) in [6.07, 6.45) is 0. The van der Waals surface area contributed by atoms with Gasteiger partial charge in [0.2, 0.25) is 0 Å². The molecule has 0 amide bonds. The Morgan fingerprint density at radius 1 is 1.14 bits per heavy atom. The number of nitrogen functional groups attached to an aromatic ring is 1. The van der Waals surface area contributed by atoms with Crippen LogP contribution in [-0.2, 0) is 0 Å². The summed E-state index contributed by atoms with van der Waals surface area (Å²) < 4.78 is 1.62. The highest BCUT2D eigenvalue weighted by molar-refractivity contribution is 5.72. The van der Waals surface area contributed by atoms with Gasteiger partial charge in [-0.15, -0.1) is 0 Å². The Balaban J connectivity index is 2.26. The number of hydrogen-bond acceptors (Lipinski definition) is 5. The minimum atomic E-state index is 0.152. The highest BCUT2D eigenvalue weighted by Crippen LogP contribution is 2.25. The van der Waals surface area contributed by atoms with E-state index in [9.17, 15) is 5.26 Å². The normalized spacial score (nSPS) is 10.4. The van der Waals surface area contributed by atoms with Crippen molar-refractivity contribution in [3.05, 3.63) is 53.3 Å². The van der Waals surface area contributed by atoms with Gasteiger partial charge in [0, 0.05) is 11.3 Å². The van der Waals surface area contributed by atoms with Crippen molar-refractivity contribution < 1.29 is 0 Å². The van der Waals surface area contributed by atoms with Crippen LogP contribution in [0, 0.1) is 25.2 Å². The number of nitrogens with zero attached hydrogens (tertiary/aromatic N) is 5. The van der Waals surface area contributed by atoms with Crippen molar-refractivity contribution in [1.82, 2.24) is 19.7 Å². The molecule has 2 heterocycles. The second-order valence-corrected chi connectivity index (χ2v) is 4.95. The van der Waals surface area contributed by atoms with Gasteiger partial charge in [-0.1, -0.05) is 30.3 Å². The molecule has 0 unspecified atom stereocenters. The van der Waals surface area contributed by atoms with Crippen LogP contribution in [-0.4, -0.2) is 19.7 Å². The summed E-state index contributed by atoms with van der Waals surface area (Å²) in [4.78, 5) is 8.73. The molecule has 6 heteroatoms. The molecule has 22 heavy (non-hydrogen) atoms. The summed E-state index contributed by atoms with van der Waals surface area (Å²) in [7, 11) is 0. The van der Waals surface area contributed by atoms with E-state index in [2.05, 4.69) is 21.1 Å². The number of nitrogens with two attached hydrogens (primary N) is 1. The molecule has 0 radical (unpaired) electrons. The topological polar surface area (TPSA) is 93.4 Å². The van der Waals surface area contributed by atoms with Crippen LogP contribution in [0.3, 0.4) is 0 Å². The van der Waals surface area contributed by atoms with Crippen LogP contribution in [0.25, 0.3) is 17.2 Å². The zero-order valence-electron chi connectivity index (χ0n) is 12.3. The monoisotopic (exact) mass is 290 g/mol. The largest absolute Gasteiger partial charge is 0.382 e. The molecule has 0 saturated carbocycles. The Hall–Kier alpha value is -3.20. The first-order valence-corrected chi connectivity index (χ1v) is 6.77. The first-order chi connectivity index (χ1) is 10.6. The van der Waals surface area contributed by atoms with Crippen molar-refractivity contribution in [3.8, 4) is 23.3 Å². The van der Waals surface area contributed by atoms with Crippen molar-refractivity contribution >= 4 is 5.82 Å². The first-order valence-electron chi connectivity index (χ1n) is 6.77. The lowest BCUT2D eigenvalue weighted by molar-refractivity contribution is 0.776. The third-order valence-corrected chi connectivity index (χ3v) is 3.28. The maximum atomic E-state index is 9.35. The van der Waals surface area contributed by atoms with Gasteiger partial charge in [0.1, 0.15) is 17.5 Å². The lowest BCUT2D eigenvalue weighted by Crippen LogP contribution is -2.10. The minimum Gasteiger partial charge on any atom is -0.382 e. The van der Waals surface area contributed by atoms with Gasteiger partial charge >= 0.3 is 0 Å². The average Bonchev–Trinajstić information content (AvgIpc) is 2.86. The molecule has 0 aliphatic carbocycles. The Morgan fingerprint density at radius 3 is 2.45 bits per heavy atom. The van der Waals surface area contributed by atoms with Gasteiger partial charge in [0.05, 0.1) is 11.4 Å². The van der Waals surface area contributed by atoms with Crippen molar-refractivity contribution in [2.75, 3.05) is 5.73 Å². The van der Waals surface area contributed by atoms with E-state index in [1.165, 1.54) is 0 Å². The highest BCUT2D eigenvalue weighted by atomic mass is 15.4. The number of anilines is 1. The molecule has 108 valence electrons. The van der Waals surface area contributed by atoms with Crippen molar-refractivity contribution in [1.29, 1.82) is 5.26 Å². The van der Waals surface area contributed by atoms with Gasteiger partial charge in [-0.25, -0.2) is 9.67 Å². The molecule has 0 aliphatic heterocycles. The van der Waals surface area contributed by atoms with Gasteiger partial charge in [0.15, 0.2) is 0 Å². The molecule has 2 aromatic heterocycles. The third kappa shape index (κ3) is 2.29. The zero-order valence-corrected chi connectivity index (χ0v) is 12.3. The van der Waals surface area contributed by atoms with E-state index < -0.39 is 0 Å². The molecule has 6 nitrogen and oxygen atoms in total. The number of rotatable bonds is 2. The van der Waals surface area contributed by atoms with E-state index in [1.54, 1.807) is 4.68 Å². The number of nitriles is 1. The summed E-state index contributed by atoms with van der Waals surface area (Å²) in [6, 6.07) is 13.5. The molecule has 0 bridgehead atoms. The Bertz CT molecular complexity index is 874. The molecule has 1 aromatic carbocycles. The summed E-state index contributed by atoms with van der Waals surface area (Å²) in [5.74, 6) is 0.514. The molecule has 0 fully saturated rings. The van der Waals surface area contributed by atoms with Crippen LogP contribution in [0.2, 0.25) is 0 Å². The SMILES string of the molecule is Cc1cc(C)n(-c2nc(N)c(C#N)c(-c3ccccc3)n2)n1. The van der Waals surface area contributed by atoms with Crippen LogP contribution in [0.1, 0.15) is 17.0 Å². The Morgan fingerprint density at radius 2 is 1.86 bits per heavy atom. The molecular weight excluding hydrogens is 276 g/mol. The Labute approximate surface area is 127 Å². The standard InChI is InChI=1S/C16H14N6/c1-10-8-11(2)22(21-10)16-19-14(12-6-4-3-5-7-12)13(9-17)15(18)20-16/h3-8H,1-2H3,(H2,18,19,20). The fourth-order valence-corrected chi connectivity index (χ4v) is 2.31. The maximum Gasteiger partial charge on any atom is 0.253 e. The van der Waals surface area contributed by atoms with Gasteiger partial charge in [0.25, 0.3) is 5.95 Å². The van der Waals surface area contributed by atoms with E-state index in [4.69, 9.17) is 5.73 Å².